The number of nitro groups is 3. The van der Waals surface area contributed by atoms with Crippen LogP contribution in [0, 0.1) is 30.3 Å². The summed E-state index contributed by atoms with van der Waals surface area (Å²) >= 11 is 0. The van der Waals surface area contributed by atoms with Gasteiger partial charge in [0.2, 0.25) is 0 Å². The molecular weight excluding hydrogens is 298 g/mol. The third kappa shape index (κ3) is 1.93. The van der Waals surface area contributed by atoms with Crippen LogP contribution in [0.1, 0.15) is 5.82 Å². The lowest BCUT2D eigenvalue weighted by molar-refractivity contribution is -0.987. The number of hydrogen-bond donors (Lipinski definition) is 0. The van der Waals surface area contributed by atoms with Crippen molar-refractivity contribution in [3.8, 4) is 5.95 Å². The van der Waals surface area contributed by atoms with Gasteiger partial charge in [0.1, 0.15) is 0 Å². The van der Waals surface area contributed by atoms with E-state index in [1.165, 1.54) is 0 Å². The lowest BCUT2D eigenvalue weighted by Crippen LogP contribution is -2.51. The van der Waals surface area contributed by atoms with E-state index in [0.29, 0.717) is 4.80 Å². The van der Waals surface area contributed by atoms with Crippen LogP contribution in [0.25, 0.3) is 5.95 Å². The first-order valence-corrected chi connectivity index (χ1v) is 4.65. The van der Waals surface area contributed by atoms with Crippen LogP contribution >= 0.6 is 0 Å². The van der Waals surface area contributed by atoms with Gasteiger partial charge in [-0.15, -0.1) is 25.5 Å². The van der Waals surface area contributed by atoms with Crippen LogP contribution in [0.4, 0.5) is 0 Å². The molecule has 2 heterocycles. The molecule has 0 radical (unpaired) electrons. The van der Waals surface area contributed by atoms with Crippen LogP contribution in [0.5, 0.6) is 0 Å². The second-order valence-electron chi connectivity index (χ2n) is 3.16. The first-order chi connectivity index (χ1) is 9.90. The summed E-state index contributed by atoms with van der Waals surface area (Å²) < 4.78 is 0. The van der Waals surface area contributed by atoms with Crippen LogP contribution in [0.15, 0.2) is 6.33 Å². The first-order valence-electron chi connectivity index (χ1n) is 4.65. The van der Waals surface area contributed by atoms with Gasteiger partial charge in [-0.05, 0) is 5.21 Å². The molecule has 0 amide bonds. The molecule has 0 saturated heterocycles. The highest BCUT2D eigenvalue weighted by Gasteiger charge is 2.77. The van der Waals surface area contributed by atoms with Gasteiger partial charge >= 0.3 is 17.6 Å². The molecule has 17 heteroatoms. The predicted octanol–water partition coefficient (Wildman–Crippen LogP) is -2.82. The number of rotatable bonds is 5. The third-order valence-electron chi connectivity index (χ3n) is 2.05. The van der Waals surface area contributed by atoms with E-state index in [-0.39, 0.29) is 0 Å². The highest BCUT2D eigenvalue weighted by Crippen LogP contribution is 2.22. The van der Waals surface area contributed by atoms with E-state index in [4.69, 9.17) is 0 Å². The second kappa shape index (κ2) is 4.71. The van der Waals surface area contributed by atoms with Crippen LogP contribution in [0.2, 0.25) is 0 Å². The molecule has 0 saturated carbocycles. The fraction of sp³-hybridized carbons (Fsp3) is 0.250. The molecule has 0 aromatic carbocycles. The summed E-state index contributed by atoms with van der Waals surface area (Å²) in [5.41, 5.74) is 0. The zero-order chi connectivity index (χ0) is 15.6. The van der Waals surface area contributed by atoms with Gasteiger partial charge < -0.3 is 0 Å². The number of nitrogens with zero attached hydrogens (tertiary/aromatic N) is 11. The molecule has 0 spiro atoms. The van der Waals surface area contributed by atoms with Crippen molar-refractivity contribution in [2.45, 2.75) is 5.79 Å². The molecular formula is C4HN11O6. The van der Waals surface area contributed by atoms with Gasteiger partial charge in [-0.3, -0.25) is 30.3 Å². The summed E-state index contributed by atoms with van der Waals surface area (Å²) in [7, 11) is 0. The monoisotopic (exact) mass is 299 g/mol. The maximum absolute atomic E-state index is 10.8. The minimum atomic E-state index is -3.99. The van der Waals surface area contributed by atoms with Gasteiger partial charge in [0.25, 0.3) is 0 Å². The quantitative estimate of drug-likeness (QED) is 0.308. The average molecular weight is 299 g/mol. The van der Waals surface area contributed by atoms with Crippen molar-refractivity contribution in [1.29, 1.82) is 0 Å². The van der Waals surface area contributed by atoms with E-state index >= 15 is 0 Å². The Morgan fingerprint density at radius 2 is 1.48 bits per heavy atom. The zero-order valence-corrected chi connectivity index (χ0v) is 9.45. The molecule has 0 N–H and O–H groups in total. The summed E-state index contributed by atoms with van der Waals surface area (Å²) in [6, 6.07) is 0. The molecule has 0 aliphatic rings. The molecule has 0 atom stereocenters. The summed E-state index contributed by atoms with van der Waals surface area (Å²) in [4.78, 5) is 27.5. The molecule has 2 aromatic heterocycles. The van der Waals surface area contributed by atoms with E-state index in [2.05, 4.69) is 35.8 Å². The van der Waals surface area contributed by atoms with Crippen molar-refractivity contribution in [1.82, 2.24) is 40.6 Å². The van der Waals surface area contributed by atoms with E-state index in [9.17, 15) is 30.3 Å². The molecule has 0 fully saturated rings. The van der Waals surface area contributed by atoms with E-state index in [0.717, 1.165) is 6.33 Å². The van der Waals surface area contributed by atoms with Gasteiger partial charge in [0.15, 0.2) is 21.1 Å². The third-order valence-corrected chi connectivity index (χ3v) is 2.05. The topological polar surface area (TPSA) is 225 Å². The van der Waals surface area contributed by atoms with Gasteiger partial charge in [-0.2, -0.15) is 0 Å². The van der Waals surface area contributed by atoms with Crippen molar-refractivity contribution < 1.29 is 14.8 Å². The Labute approximate surface area is 111 Å². The summed E-state index contributed by atoms with van der Waals surface area (Å²) in [6.45, 7) is 0. The SMILES string of the molecule is O=[N+]([O-])C(c1nnn(-c2nncnn2)n1)([N+](=O)[O-])[N+](=O)[O-]. The van der Waals surface area contributed by atoms with E-state index in [1.54, 1.807) is 0 Å². The van der Waals surface area contributed by atoms with Gasteiger partial charge in [-0.25, -0.2) is 0 Å². The maximum atomic E-state index is 10.8. The standard InChI is InChI=1S/C4HN11O6/c16-13(17)4(14(18)19,15(20)21)2-7-11-12(10-2)3-8-5-1-6-9-3/h1H. The van der Waals surface area contributed by atoms with Gasteiger partial charge in [0, 0.05) is 0 Å². The van der Waals surface area contributed by atoms with E-state index in [1.807, 2.05) is 0 Å². The highest BCUT2D eigenvalue weighted by atomic mass is 16.7. The van der Waals surface area contributed by atoms with Crippen molar-refractivity contribution in [2.75, 3.05) is 0 Å². The second-order valence-corrected chi connectivity index (χ2v) is 3.16. The number of aromatic nitrogens is 8. The minimum absolute atomic E-state index is 0.376. The first kappa shape index (κ1) is 13.6. The fourth-order valence-corrected chi connectivity index (χ4v) is 1.16. The minimum Gasteiger partial charge on any atom is -0.252 e. The number of hydrogen-bond acceptors (Lipinski definition) is 13. The normalized spacial score (nSPS) is 11.0. The average Bonchev–Trinajstić information content (AvgIpc) is 2.89. The summed E-state index contributed by atoms with van der Waals surface area (Å²) in [5, 5.41) is 54.9. The molecule has 108 valence electrons. The molecule has 0 aliphatic heterocycles. The van der Waals surface area contributed by atoms with Crippen LogP contribution in [-0.2, 0) is 5.79 Å². The van der Waals surface area contributed by atoms with Crippen LogP contribution in [0.3, 0.4) is 0 Å². The smallest absolute Gasteiger partial charge is 0.252 e. The summed E-state index contributed by atoms with van der Waals surface area (Å²) in [5.74, 6) is -5.82. The largest absolute Gasteiger partial charge is 0.766 e. The summed E-state index contributed by atoms with van der Waals surface area (Å²) in [6.07, 6.45) is 0.941. The van der Waals surface area contributed by atoms with E-state index < -0.39 is 32.3 Å². The molecule has 21 heavy (non-hydrogen) atoms. The lowest BCUT2D eigenvalue weighted by atomic mass is 10.3. The van der Waals surface area contributed by atoms with Crippen LogP contribution < -0.4 is 0 Å². The van der Waals surface area contributed by atoms with Crippen molar-refractivity contribution >= 4 is 0 Å². The Morgan fingerprint density at radius 1 is 0.952 bits per heavy atom. The molecule has 2 aromatic rings. The Balaban J connectivity index is 2.59. The molecule has 0 unspecified atom stereocenters. The fourth-order valence-electron chi connectivity index (χ4n) is 1.16. The molecule has 2 rings (SSSR count). The Kier molecular flexibility index (Phi) is 3.06. The predicted molar refractivity (Wildman–Crippen MR) is 53.0 cm³/mol. The van der Waals surface area contributed by atoms with Gasteiger partial charge in [0.05, 0.1) is 0 Å². The zero-order valence-electron chi connectivity index (χ0n) is 9.45. The Hall–Kier alpha value is -3.79. The molecule has 0 aliphatic carbocycles. The van der Waals surface area contributed by atoms with Crippen molar-refractivity contribution in [2.24, 2.45) is 0 Å². The van der Waals surface area contributed by atoms with Crippen molar-refractivity contribution in [3.63, 3.8) is 0 Å². The van der Waals surface area contributed by atoms with Gasteiger partial charge in [-0.1, -0.05) is 9.90 Å². The Morgan fingerprint density at radius 3 is 1.95 bits per heavy atom. The van der Waals surface area contributed by atoms with Crippen LogP contribution in [-0.4, -0.2) is 55.4 Å². The lowest BCUT2D eigenvalue weighted by Gasteiger charge is -2.03. The van der Waals surface area contributed by atoms with Crippen molar-refractivity contribution in [3.05, 3.63) is 42.5 Å². The highest BCUT2D eigenvalue weighted by molar-refractivity contribution is 4.97. The molecule has 17 nitrogen and oxygen atoms in total. The molecule has 0 bridgehead atoms. The maximum Gasteiger partial charge on any atom is 0.766 e. The Bertz CT molecular complexity index is 674. The number of tetrazole rings is 1.